The molecule has 0 spiro atoms. The Hall–Kier alpha value is -3.00. The van der Waals surface area contributed by atoms with Gasteiger partial charge in [0.1, 0.15) is 0 Å². The summed E-state index contributed by atoms with van der Waals surface area (Å²) < 4.78 is 118. The molecule has 0 amide bonds. The predicted octanol–water partition coefficient (Wildman–Crippen LogP) is 3.84. The number of rotatable bonds is 3. The zero-order valence-corrected chi connectivity index (χ0v) is 12.0. The van der Waals surface area contributed by atoms with Crippen molar-refractivity contribution >= 4 is 17.9 Å². The summed E-state index contributed by atoms with van der Waals surface area (Å²) in [6, 6.07) is 0. The van der Waals surface area contributed by atoms with Crippen LogP contribution >= 0.6 is 0 Å². The van der Waals surface area contributed by atoms with E-state index < -0.39 is 69.8 Å². The molecule has 27 heavy (non-hydrogen) atoms. The average Bonchev–Trinajstić information content (AvgIpc) is 2.40. The third-order valence-corrected chi connectivity index (χ3v) is 2.99. The molecule has 6 nitrogen and oxygen atoms in total. The number of benzene rings is 1. The number of aromatic carboxylic acids is 3. The first-order valence-corrected chi connectivity index (χ1v) is 5.98. The van der Waals surface area contributed by atoms with E-state index in [4.69, 9.17) is 15.3 Å². The van der Waals surface area contributed by atoms with Gasteiger partial charge in [0.15, 0.2) is 0 Å². The van der Waals surface area contributed by atoms with Gasteiger partial charge in [-0.05, 0) is 0 Å². The number of carboxylic acids is 3. The molecule has 150 valence electrons. The van der Waals surface area contributed by atoms with Crippen molar-refractivity contribution in [2.75, 3.05) is 0 Å². The Balaban J connectivity index is 4.67. The molecule has 0 aliphatic rings. The van der Waals surface area contributed by atoms with Crippen molar-refractivity contribution in [1.29, 1.82) is 0 Å². The van der Waals surface area contributed by atoms with Crippen LogP contribution in [0.5, 0.6) is 0 Å². The van der Waals surface area contributed by atoms with Gasteiger partial charge < -0.3 is 15.3 Å². The molecule has 0 aliphatic heterocycles. The van der Waals surface area contributed by atoms with E-state index in [1.54, 1.807) is 0 Å². The van der Waals surface area contributed by atoms with E-state index >= 15 is 0 Å². The standard InChI is InChI=1S/C12H3F9O6/c13-10(14,15)4-1(7(22)23)5(11(16,17)18)3(9(26)27)6(12(19,20)21)2(4)8(24)25/h(H,22,23)(H,24,25)(H,26,27). The fourth-order valence-corrected chi connectivity index (χ4v) is 2.24. The van der Waals surface area contributed by atoms with Crippen molar-refractivity contribution in [3.8, 4) is 0 Å². The molecule has 0 radical (unpaired) electrons. The van der Waals surface area contributed by atoms with E-state index in [9.17, 15) is 53.9 Å². The van der Waals surface area contributed by atoms with Gasteiger partial charge in [-0.3, -0.25) is 0 Å². The number of hydrogen-bond donors (Lipinski definition) is 3. The monoisotopic (exact) mass is 414 g/mol. The Morgan fingerprint density at radius 1 is 0.481 bits per heavy atom. The Morgan fingerprint density at radius 3 is 0.704 bits per heavy atom. The van der Waals surface area contributed by atoms with Crippen LogP contribution in [-0.4, -0.2) is 33.2 Å². The van der Waals surface area contributed by atoms with Crippen molar-refractivity contribution in [3.05, 3.63) is 33.4 Å². The van der Waals surface area contributed by atoms with Crippen LogP contribution in [0.1, 0.15) is 47.8 Å². The molecule has 0 heterocycles. The van der Waals surface area contributed by atoms with E-state index in [1.165, 1.54) is 0 Å². The molecule has 0 saturated heterocycles. The lowest BCUT2D eigenvalue weighted by Gasteiger charge is -2.24. The highest BCUT2D eigenvalue weighted by Gasteiger charge is 2.55. The lowest BCUT2D eigenvalue weighted by atomic mass is 9.85. The van der Waals surface area contributed by atoms with Gasteiger partial charge in [0.2, 0.25) is 0 Å². The highest BCUT2D eigenvalue weighted by atomic mass is 19.4. The van der Waals surface area contributed by atoms with Gasteiger partial charge >= 0.3 is 36.4 Å². The van der Waals surface area contributed by atoms with Crippen molar-refractivity contribution < 1.29 is 69.2 Å². The van der Waals surface area contributed by atoms with Crippen LogP contribution in [0, 0.1) is 0 Å². The minimum Gasteiger partial charge on any atom is -0.478 e. The normalized spacial score (nSPS) is 12.8. The Morgan fingerprint density at radius 2 is 0.630 bits per heavy atom. The minimum absolute atomic E-state index is 2.97. The predicted molar refractivity (Wildman–Crippen MR) is 62.3 cm³/mol. The third-order valence-electron chi connectivity index (χ3n) is 2.99. The highest BCUT2D eigenvalue weighted by molar-refractivity contribution is 6.05. The van der Waals surface area contributed by atoms with Crippen LogP contribution in [0.25, 0.3) is 0 Å². The van der Waals surface area contributed by atoms with E-state index in [0.29, 0.717) is 0 Å². The molecule has 0 atom stereocenters. The molecule has 1 aromatic carbocycles. The maximum absolute atomic E-state index is 13.1. The second-order valence-electron chi connectivity index (χ2n) is 4.66. The van der Waals surface area contributed by atoms with Crippen LogP contribution < -0.4 is 0 Å². The first-order chi connectivity index (χ1) is 11.8. The molecular weight excluding hydrogens is 411 g/mol. The average molecular weight is 414 g/mol. The van der Waals surface area contributed by atoms with Crippen molar-refractivity contribution in [2.24, 2.45) is 0 Å². The number of hydrogen-bond acceptors (Lipinski definition) is 3. The smallest absolute Gasteiger partial charge is 0.418 e. The summed E-state index contributed by atoms with van der Waals surface area (Å²) in [5.41, 5.74) is -18.8. The van der Waals surface area contributed by atoms with Gasteiger partial charge in [-0.15, -0.1) is 0 Å². The largest absolute Gasteiger partial charge is 0.478 e. The fourth-order valence-electron chi connectivity index (χ4n) is 2.24. The lowest BCUT2D eigenvalue weighted by molar-refractivity contribution is -0.150. The van der Waals surface area contributed by atoms with Crippen LogP contribution in [-0.2, 0) is 18.5 Å². The van der Waals surface area contributed by atoms with Crippen LogP contribution in [0.2, 0.25) is 0 Å². The SMILES string of the molecule is O=C(O)c1c(C(F)(F)F)c(C(=O)O)c(C(F)(F)F)c(C(=O)O)c1C(F)(F)F. The molecule has 0 unspecified atom stereocenters. The van der Waals surface area contributed by atoms with Crippen molar-refractivity contribution in [1.82, 2.24) is 0 Å². The maximum Gasteiger partial charge on any atom is 0.418 e. The molecule has 0 bridgehead atoms. The minimum atomic E-state index is -6.32. The molecule has 0 saturated carbocycles. The molecular formula is C12H3F9O6. The topological polar surface area (TPSA) is 112 Å². The second-order valence-corrected chi connectivity index (χ2v) is 4.66. The molecule has 3 N–H and O–H groups in total. The Kier molecular flexibility index (Phi) is 5.15. The first kappa shape index (κ1) is 22.0. The zero-order chi connectivity index (χ0) is 21.7. The lowest BCUT2D eigenvalue weighted by Crippen LogP contribution is -2.32. The van der Waals surface area contributed by atoms with E-state index in [0.717, 1.165) is 0 Å². The third kappa shape index (κ3) is 3.90. The molecule has 0 aromatic heterocycles. The fraction of sp³-hybridized carbons (Fsp3) is 0.250. The van der Waals surface area contributed by atoms with E-state index in [-0.39, 0.29) is 0 Å². The highest BCUT2D eigenvalue weighted by Crippen LogP contribution is 2.49. The summed E-state index contributed by atoms with van der Waals surface area (Å²) in [6.07, 6.45) is -19.0. The van der Waals surface area contributed by atoms with Crippen molar-refractivity contribution in [2.45, 2.75) is 18.5 Å². The van der Waals surface area contributed by atoms with E-state index in [2.05, 4.69) is 0 Å². The summed E-state index contributed by atoms with van der Waals surface area (Å²) in [6.45, 7) is 0. The van der Waals surface area contributed by atoms with E-state index in [1.807, 2.05) is 0 Å². The molecule has 0 fully saturated rings. The summed E-state index contributed by atoms with van der Waals surface area (Å²) >= 11 is 0. The van der Waals surface area contributed by atoms with Crippen LogP contribution in [0.3, 0.4) is 0 Å². The summed E-state index contributed by atoms with van der Waals surface area (Å²) in [4.78, 5) is 32.9. The van der Waals surface area contributed by atoms with Gasteiger partial charge in [0.05, 0.1) is 33.4 Å². The Bertz CT molecular complexity index is 701. The van der Waals surface area contributed by atoms with Crippen LogP contribution in [0.15, 0.2) is 0 Å². The number of alkyl halides is 9. The van der Waals surface area contributed by atoms with Gasteiger partial charge in [-0.2, -0.15) is 39.5 Å². The second kappa shape index (κ2) is 6.31. The van der Waals surface area contributed by atoms with Gasteiger partial charge in [-0.25, -0.2) is 14.4 Å². The molecule has 1 rings (SSSR count). The molecule has 0 aliphatic carbocycles. The number of carboxylic acid groups (broad SMARTS) is 3. The summed E-state index contributed by atoms with van der Waals surface area (Å²) in [5, 5.41) is 26.1. The molecule has 15 heteroatoms. The Labute approximate surface area is 140 Å². The van der Waals surface area contributed by atoms with Gasteiger partial charge in [-0.1, -0.05) is 0 Å². The quantitative estimate of drug-likeness (QED) is 0.649. The van der Waals surface area contributed by atoms with Gasteiger partial charge in [0.25, 0.3) is 0 Å². The summed E-state index contributed by atoms with van der Waals surface area (Å²) in [5.74, 6) is -9.39. The maximum atomic E-state index is 13.1. The first-order valence-electron chi connectivity index (χ1n) is 5.98. The number of halogens is 9. The van der Waals surface area contributed by atoms with Crippen LogP contribution in [0.4, 0.5) is 39.5 Å². The zero-order valence-electron chi connectivity index (χ0n) is 12.0. The van der Waals surface area contributed by atoms with Crippen molar-refractivity contribution in [3.63, 3.8) is 0 Å². The number of carbonyl (C=O) groups is 3. The van der Waals surface area contributed by atoms with Gasteiger partial charge in [0, 0.05) is 0 Å². The molecule has 1 aromatic rings. The summed E-state index contributed by atoms with van der Waals surface area (Å²) in [7, 11) is 0.